The molecule has 1 atom stereocenters. The van der Waals surface area contributed by atoms with Crippen LogP contribution >= 0.6 is 11.6 Å². The number of rotatable bonds is 5. The molecule has 3 aromatic heterocycles. The highest BCUT2D eigenvalue weighted by Crippen LogP contribution is 2.43. The van der Waals surface area contributed by atoms with E-state index < -0.39 is 17.4 Å². The molecule has 3 heterocycles. The number of pyridine rings is 1. The number of nitrogens with zero attached hydrogens (tertiary/aromatic N) is 6. The lowest BCUT2D eigenvalue weighted by Gasteiger charge is -2.24. The average Bonchev–Trinajstić information content (AvgIpc) is 3.65. The second-order valence-electron chi connectivity index (χ2n) is 8.46. The summed E-state index contributed by atoms with van der Waals surface area (Å²) in [4.78, 5) is 31.0. The van der Waals surface area contributed by atoms with E-state index in [-0.39, 0.29) is 44.8 Å². The van der Waals surface area contributed by atoms with Crippen LogP contribution < -0.4 is 16.6 Å². The van der Waals surface area contributed by atoms with Crippen molar-refractivity contribution in [2.45, 2.75) is 32.7 Å². The van der Waals surface area contributed by atoms with Gasteiger partial charge in [-0.15, -0.1) is 0 Å². The van der Waals surface area contributed by atoms with E-state index in [2.05, 4.69) is 20.3 Å². The quantitative estimate of drug-likeness (QED) is 0.428. The minimum atomic E-state index is -0.554. The maximum Gasteiger partial charge on any atom is 0.267 e. The van der Waals surface area contributed by atoms with Crippen molar-refractivity contribution >= 4 is 34.1 Å². The van der Waals surface area contributed by atoms with Crippen LogP contribution in [0.25, 0.3) is 16.6 Å². The molecular weight excluding hydrogens is 471 g/mol. The van der Waals surface area contributed by atoms with Gasteiger partial charge < -0.3 is 11.1 Å². The molecule has 0 saturated heterocycles. The van der Waals surface area contributed by atoms with Gasteiger partial charge in [-0.2, -0.15) is 5.26 Å². The van der Waals surface area contributed by atoms with E-state index in [1.807, 2.05) is 6.07 Å². The molecule has 9 nitrogen and oxygen atoms in total. The zero-order valence-electron chi connectivity index (χ0n) is 18.9. The van der Waals surface area contributed by atoms with Crippen LogP contribution in [-0.4, -0.2) is 24.5 Å². The first-order valence-corrected chi connectivity index (χ1v) is 11.3. The summed E-state index contributed by atoms with van der Waals surface area (Å²) < 4.78 is 15.9. The number of nitriles is 1. The van der Waals surface area contributed by atoms with Crippen LogP contribution in [0.15, 0.2) is 35.4 Å². The lowest BCUT2D eigenvalue weighted by Crippen LogP contribution is -2.30. The number of hydrogen-bond acceptors (Lipinski definition) is 8. The number of hydrogen-bond donors (Lipinski definition) is 2. The Balaban J connectivity index is 1.80. The summed E-state index contributed by atoms with van der Waals surface area (Å²) in [6.07, 6.45) is 4.24. The summed E-state index contributed by atoms with van der Waals surface area (Å²) in [6, 6.07) is 6.52. The molecule has 0 bridgehead atoms. The minimum absolute atomic E-state index is 0.0536. The van der Waals surface area contributed by atoms with Crippen LogP contribution in [0.4, 0.5) is 16.0 Å². The Bertz CT molecular complexity index is 1590. The Morgan fingerprint density at radius 1 is 1.26 bits per heavy atom. The van der Waals surface area contributed by atoms with Gasteiger partial charge in [0.1, 0.15) is 34.9 Å². The number of nitrogen functional groups attached to an aromatic ring is 1. The molecule has 0 radical (unpaired) electrons. The SMILES string of the molecule is Cc1nc(N)c(C#N)c(N[C@H](c2nc3cccc(Cl)c3c(=O)n2-c2cncc(F)c2C)C2CC2)n1. The third-order valence-electron chi connectivity index (χ3n) is 6.07. The van der Waals surface area contributed by atoms with E-state index in [9.17, 15) is 14.4 Å². The van der Waals surface area contributed by atoms with E-state index in [4.69, 9.17) is 22.3 Å². The second-order valence-corrected chi connectivity index (χ2v) is 8.87. The Labute approximate surface area is 204 Å². The van der Waals surface area contributed by atoms with E-state index in [0.29, 0.717) is 17.2 Å². The van der Waals surface area contributed by atoms with E-state index in [1.165, 1.54) is 10.8 Å². The Morgan fingerprint density at radius 3 is 2.74 bits per heavy atom. The molecule has 0 amide bonds. The Kier molecular flexibility index (Phi) is 5.57. The van der Waals surface area contributed by atoms with Crippen molar-refractivity contribution in [3.63, 3.8) is 0 Å². The molecule has 1 fully saturated rings. The number of nitrogens with one attached hydrogen (secondary N) is 1. The van der Waals surface area contributed by atoms with Crippen LogP contribution in [-0.2, 0) is 0 Å². The molecule has 35 heavy (non-hydrogen) atoms. The molecule has 1 aliphatic carbocycles. The van der Waals surface area contributed by atoms with Gasteiger partial charge in [-0.3, -0.25) is 14.3 Å². The first kappa shape index (κ1) is 22.7. The van der Waals surface area contributed by atoms with Gasteiger partial charge in [0, 0.05) is 5.56 Å². The number of aryl methyl sites for hydroxylation is 1. The number of aromatic nitrogens is 5. The normalized spacial score (nSPS) is 14.0. The number of benzene rings is 1. The molecule has 0 unspecified atom stereocenters. The predicted molar refractivity (Wildman–Crippen MR) is 130 cm³/mol. The summed E-state index contributed by atoms with van der Waals surface area (Å²) in [6.45, 7) is 3.24. The highest BCUT2D eigenvalue weighted by Gasteiger charge is 2.37. The fourth-order valence-corrected chi connectivity index (χ4v) is 4.39. The number of halogens is 2. The van der Waals surface area contributed by atoms with E-state index in [0.717, 1.165) is 19.0 Å². The van der Waals surface area contributed by atoms with Gasteiger partial charge in [-0.1, -0.05) is 17.7 Å². The maximum atomic E-state index is 14.5. The largest absolute Gasteiger partial charge is 0.382 e. The fraction of sp³-hybridized carbons (Fsp3) is 0.250. The summed E-state index contributed by atoms with van der Waals surface area (Å²) >= 11 is 6.38. The molecule has 3 N–H and O–H groups in total. The Hall–Kier alpha value is -4.10. The third kappa shape index (κ3) is 3.94. The van der Waals surface area contributed by atoms with Crippen molar-refractivity contribution in [3.05, 3.63) is 74.6 Å². The summed E-state index contributed by atoms with van der Waals surface area (Å²) in [5.74, 6) is 0.561. The lowest BCUT2D eigenvalue weighted by molar-refractivity contribution is 0.593. The molecule has 1 aromatic carbocycles. The molecular formula is C24H20ClFN8O. The van der Waals surface area contributed by atoms with Gasteiger partial charge >= 0.3 is 0 Å². The zero-order valence-corrected chi connectivity index (χ0v) is 19.6. The summed E-state index contributed by atoms with van der Waals surface area (Å²) in [5, 5.41) is 13.4. The monoisotopic (exact) mass is 490 g/mol. The first-order valence-electron chi connectivity index (χ1n) is 10.9. The number of nitrogens with two attached hydrogens (primary N) is 1. The zero-order chi connectivity index (χ0) is 24.9. The first-order chi connectivity index (χ1) is 16.8. The van der Waals surface area contributed by atoms with Crippen molar-refractivity contribution < 1.29 is 4.39 Å². The highest BCUT2D eigenvalue weighted by molar-refractivity contribution is 6.35. The molecule has 11 heteroatoms. The van der Waals surface area contributed by atoms with Crippen LogP contribution in [0.1, 0.15) is 41.7 Å². The highest BCUT2D eigenvalue weighted by atomic mass is 35.5. The van der Waals surface area contributed by atoms with Gasteiger partial charge in [0.2, 0.25) is 0 Å². The second kappa shape index (κ2) is 8.60. The van der Waals surface area contributed by atoms with Crippen molar-refractivity contribution in [2.75, 3.05) is 11.1 Å². The average molecular weight is 491 g/mol. The fourth-order valence-electron chi connectivity index (χ4n) is 4.14. The molecule has 0 spiro atoms. The topological polar surface area (TPSA) is 135 Å². The molecule has 0 aliphatic heterocycles. The van der Waals surface area contributed by atoms with Crippen LogP contribution in [0, 0.1) is 36.9 Å². The summed E-state index contributed by atoms with van der Waals surface area (Å²) in [5.41, 5.74) is 6.52. The molecule has 1 saturated carbocycles. The van der Waals surface area contributed by atoms with E-state index in [1.54, 1.807) is 32.0 Å². The van der Waals surface area contributed by atoms with Crippen molar-refractivity contribution in [1.29, 1.82) is 5.26 Å². The third-order valence-corrected chi connectivity index (χ3v) is 6.38. The molecule has 4 aromatic rings. The van der Waals surface area contributed by atoms with Gasteiger partial charge in [-0.25, -0.2) is 19.3 Å². The van der Waals surface area contributed by atoms with E-state index >= 15 is 0 Å². The van der Waals surface area contributed by atoms with Gasteiger partial charge in [0.25, 0.3) is 5.56 Å². The number of anilines is 2. The van der Waals surface area contributed by atoms with Gasteiger partial charge in [-0.05, 0) is 44.7 Å². The summed E-state index contributed by atoms with van der Waals surface area (Å²) in [7, 11) is 0. The van der Waals surface area contributed by atoms with Crippen molar-refractivity contribution in [2.24, 2.45) is 5.92 Å². The van der Waals surface area contributed by atoms with Crippen LogP contribution in [0.2, 0.25) is 5.02 Å². The van der Waals surface area contributed by atoms with Crippen LogP contribution in [0.3, 0.4) is 0 Å². The van der Waals surface area contributed by atoms with Crippen molar-refractivity contribution in [1.82, 2.24) is 24.5 Å². The minimum Gasteiger partial charge on any atom is -0.382 e. The molecule has 5 rings (SSSR count). The molecule has 176 valence electrons. The van der Waals surface area contributed by atoms with Crippen molar-refractivity contribution in [3.8, 4) is 11.8 Å². The van der Waals surface area contributed by atoms with Crippen LogP contribution in [0.5, 0.6) is 0 Å². The smallest absolute Gasteiger partial charge is 0.267 e. The predicted octanol–water partition coefficient (Wildman–Crippen LogP) is 4.00. The lowest BCUT2D eigenvalue weighted by atomic mass is 10.1. The Morgan fingerprint density at radius 2 is 2.03 bits per heavy atom. The van der Waals surface area contributed by atoms with Gasteiger partial charge in [0.05, 0.1) is 40.0 Å². The molecule has 1 aliphatic rings. The maximum absolute atomic E-state index is 14.5. The van der Waals surface area contributed by atoms with Gasteiger partial charge in [0.15, 0.2) is 5.82 Å². The number of fused-ring (bicyclic) bond motifs is 1. The standard InChI is InChI=1S/C24H20ClFN8O/c1-11-16(26)9-29-10-18(11)34-23(32-17-5-3-4-15(25)19(17)24(34)35)20(13-6-7-13)33-22-14(8-27)21(28)30-12(2)31-22/h3-5,9-10,13,20H,6-7H2,1-2H3,(H3,28,30,31,33)/t20-/m0/s1.